The maximum absolute atomic E-state index is 12.2. The number of hydrogen-bond donors (Lipinski definition) is 0. The van der Waals surface area contributed by atoms with Crippen molar-refractivity contribution in [3.63, 3.8) is 0 Å². The number of carbonyl (C=O) groups excluding carboxylic acids is 6. The van der Waals surface area contributed by atoms with Gasteiger partial charge in [-0.25, -0.2) is 0 Å². The third-order valence-electron chi connectivity index (χ3n) is 3.40. The highest BCUT2D eigenvalue weighted by Gasteiger charge is 2.45. The van der Waals surface area contributed by atoms with Gasteiger partial charge < -0.3 is 4.79 Å². The predicted molar refractivity (Wildman–Crippen MR) is 70.9 cm³/mol. The number of imide groups is 2. The van der Waals surface area contributed by atoms with Gasteiger partial charge in [0.1, 0.15) is 18.4 Å². The molecule has 2 heterocycles. The molecule has 0 aromatic heterocycles. The van der Waals surface area contributed by atoms with Gasteiger partial charge >= 0.3 is 0 Å². The van der Waals surface area contributed by atoms with Gasteiger partial charge in [0, 0.05) is 30.7 Å². The minimum atomic E-state index is -1.55. The molecule has 4 amide bonds. The lowest BCUT2D eigenvalue weighted by Crippen LogP contribution is -2.59. The van der Waals surface area contributed by atoms with Crippen LogP contribution >= 0.6 is 0 Å². The molecule has 22 heavy (non-hydrogen) atoms. The Morgan fingerprint density at radius 1 is 0.955 bits per heavy atom. The maximum atomic E-state index is 12.2. The van der Waals surface area contributed by atoms with Crippen LogP contribution in [0, 0.1) is 0 Å². The molecule has 2 aliphatic heterocycles. The molecule has 0 aliphatic carbocycles. The molecule has 0 aromatic carbocycles. The molecule has 8 heteroatoms. The van der Waals surface area contributed by atoms with Crippen molar-refractivity contribution in [2.24, 2.45) is 0 Å². The van der Waals surface area contributed by atoms with Crippen LogP contribution in [0.5, 0.6) is 0 Å². The Bertz CT molecular complexity index is 612. The van der Waals surface area contributed by atoms with Crippen molar-refractivity contribution in [3.05, 3.63) is 24.3 Å². The Balaban J connectivity index is 2.44. The molecule has 2 atom stereocenters. The number of ketones is 1. The van der Waals surface area contributed by atoms with E-state index in [2.05, 4.69) is 0 Å². The van der Waals surface area contributed by atoms with Gasteiger partial charge in [0.15, 0.2) is 5.78 Å². The summed E-state index contributed by atoms with van der Waals surface area (Å²) < 4.78 is 0. The van der Waals surface area contributed by atoms with Gasteiger partial charge in [0.05, 0.1) is 0 Å². The standard InChI is InChI=1S/C14H12N2O6/c1-2-9(18)14(16-12(21)5-6-13(16)22)8(7-17)15-10(19)3-4-11(15)20/h3-8,14H,2H2,1H3. The summed E-state index contributed by atoms with van der Waals surface area (Å²) in [7, 11) is 0. The number of carbonyl (C=O) groups is 6. The van der Waals surface area contributed by atoms with E-state index in [0.29, 0.717) is 9.80 Å². The molecular weight excluding hydrogens is 292 g/mol. The first kappa shape index (κ1) is 15.5. The molecule has 0 fully saturated rings. The monoisotopic (exact) mass is 304 g/mol. The van der Waals surface area contributed by atoms with Crippen LogP contribution in [0.2, 0.25) is 0 Å². The lowest BCUT2D eigenvalue weighted by Gasteiger charge is -2.33. The van der Waals surface area contributed by atoms with E-state index in [9.17, 15) is 28.8 Å². The van der Waals surface area contributed by atoms with E-state index in [-0.39, 0.29) is 12.7 Å². The zero-order valence-electron chi connectivity index (χ0n) is 11.6. The maximum Gasteiger partial charge on any atom is 0.254 e. The zero-order chi connectivity index (χ0) is 16.4. The summed E-state index contributed by atoms with van der Waals surface area (Å²) in [5.74, 6) is -3.69. The van der Waals surface area contributed by atoms with Gasteiger partial charge in [0.25, 0.3) is 23.6 Å². The fraction of sp³-hybridized carbons (Fsp3) is 0.286. The Morgan fingerprint density at radius 2 is 1.36 bits per heavy atom. The zero-order valence-corrected chi connectivity index (χ0v) is 11.6. The first-order chi connectivity index (χ1) is 10.4. The van der Waals surface area contributed by atoms with Crippen LogP contribution in [0.3, 0.4) is 0 Å². The number of amides is 4. The summed E-state index contributed by atoms with van der Waals surface area (Å²) in [6.45, 7) is 1.49. The smallest absolute Gasteiger partial charge is 0.254 e. The van der Waals surface area contributed by atoms with Gasteiger partial charge in [-0.3, -0.25) is 33.8 Å². The highest BCUT2D eigenvalue weighted by Crippen LogP contribution is 2.20. The molecule has 114 valence electrons. The van der Waals surface area contributed by atoms with E-state index in [1.807, 2.05) is 0 Å². The predicted octanol–water partition coefficient (Wildman–Crippen LogP) is -1.25. The first-order valence-corrected chi connectivity index (χ1v) is 6.50. The summed E-state index contributed by atoms with van der Waals surface area (Å²) in [5.41, 5.74) is 0. The van der Waals surface area contributed by atoms with Crippen molar-refractivity contribution >= 4 is 35.7 Å². The number of Topliss-reactive ketones (excluding diaryl/α,β-unsaturated/α-hetero) is 1. The molecule has 2 unspecified atom stereocenters. The Kier molecular flexibility index (Phi) is 4.11. The van der Waals surface area contributed by atoms with E-state index in [0.717, 1.165) is 24.3 Å². The van der Waals surface area contributed by atoms with Crippen LogP contribution in [0.15, 0.2) is 24.3 Å². The van der Waals surface area contributed by atoms with Crippen molar-refractivity contribution < 1.29 is 28.8 Å². The molecular formula is C14H12N2O6. The fourth-order valence-electron chi connectivity index (χ4n) is 2.36. The van der Waals surface area contributed by atoms with Crippen molar-refractivity contribution in [2.75, 3.05) is 0 Å². The van der Waals surface area contributed by atoms with Crippen molar-refractivity contribution in [3.8, 4) is 0 Å². The van der Waals surface area contributed by atoms with Crippen molar-refractivity contribution in [2.45, 2.75) is 25.4 Å². The third-order valence-corrected chi connectivity index (χ3v) is 3.40. The largest absolute Gasteiger partial charge is 0.301 e. The van der Waals surface area contributed by atoms with Crippen LogP contribution in [0.4, 0.5) is 0 Å². The van der Waals surface area contributed by atoms with E-state index in [4.69, 9.17) is 0 Å². The van der Waals surface area contributed by atoms with E-state index in [1.54, 1.807) is 0 Å². The molecule has 0 radical (unpaired) electrons. The molecule has 2 rings (SSSR count). The number of aldehydes is 1. The quantitative estimate of drug-likeness (QED) is 0.448. The second-order valence-corrected chi connectivity index (χ2v) is 4.65. The Hall–Kier alpha value is -2.90. The van der Waals surface area contributed by atoms with Gasteiger partial charge in [0.2, 0.25) is 0 Å². The Labute approximate surface area is 125 Å². The highest BCUT2D eigenvalue weighted by molar-refractivity contribution is 6.18. The molecule has 0 bridgehead atoms. The number of rotatable bonds is 6. The summed E-state index contributed by atoms with van der Waals surface area (Å²) in [6.07, 6.45) is 3.99. The second kappa shape index (κ2) is 5.84. The number of nitrogens with zero attached hydrogens (tertiary/aromatic N) is 2. The van der Waals surface area contributed by atoms with Crippen LogP contribution in [-0.4, -0.2) is 57.6 Å². The SMILES string of the molecule is CCC(=O)C(C(C=O)N1C(=O)C=CC1=O)N1C(=O)C=CC1=O. The molecule has 0 saturated carbocycles. The lowest BCUT2D eigenvalue weighted by molar-refractivity contribution is -0.153. The topological polar surface area (TPSA) is 109 Å². The average Bonchev–Trinajstić information content (AvgIpc) is 3.00. The van der Waals surface area contributed by atoms with E-state index in [1.165, 1.54) is 6.92 Å². The van der Waals surface area contributed by atoms with Crippen LogP contribution in [0.1, 0.15) is 13.3 Å². The summed E-state index contributed by atoms with van der Waals surface area (Å²) >= 11 is 0. The molecule has 0 aromatic rings. The average molecular weight is 304 g/mol. The molecule has 0 N–H and O–H groups in total. The minimum Gasteiger partial charge on any atom is -0.301 e. The van der Waals surface area contributed by atoms with Gasteiger partial charge in [-0.1, -0.05) is 6.92 Å². The molecule has 2 aliphatic rings. The summed E-state index contributed by atoms with van der Waals surface area (Å²) in [5, 5.41) is 0. The molecule has 0 spiro atoms. The minimum absolute atomic E-state index is 0.0737. The highest BCUT2D eigenvalue weighted by atomic mass is 16.2. The summed E-state index contributed by atoms with van der Waals surface area (Å²) in [4.78, 5) is 71.8. The lowest BCUT2D eigenvalue weighted by atomic mass is 9.99. The van der Waals surface area contributed by atoms with Crippen LogP contribution in [-0.2, 0) is 28.8 Å². The van der Waals surface area contributed by atoms with Gasteiger partial charge in [-0.05, 0) is 0 Å². The van der Waals surface area contributed by atoms with Crippen molar-refractivity contribution in [1.29, 1.82) is 0 Å². The Morgan fingerprint density at radius 3 is 1.73 bits per heavy atom. The van der Waals surface area contributed by atoms with Gasteiger partial charge in [-0.15, -0.1) is 0 Å². The first-order valence-electron chi connectivity index (χ1n) is 6.50. The van der Waals surface area contributed by atoms with Gasteiger partial charge in [-0.2, -0.15) is 0 Å². The normalized spacial score (nSPS) is 20.0. The van der Waals surface area contributed by atoms with Crippen LogP contribution in [0.25, 0.3) is 0 Å². The van der Waals surface area contributed by atoms with E-state index >= 15 is 0 Å². The number of hydrogen-bond acceptors (Lipinski definition) is 6. The van der Waals surface area contributed by atoms with E-state index < -0.39 is 41.5 Å². The van der Waals surface area contributed by atoms with Crippen molar-refractivity contribution in [1.82, 2.24) is 9.80 Å². The molecule has 8 nitrogen and oxygen atoms in total. The molecule has 0 saturated heterocycles. The fourth-order valence-corrected chi connectivity index (χ4v) is 2.36. The third kappa shape index (κ3) is 2.39. The van der Waals surface area contributed by atoms with Crippen LogP contribution < -0.4 is 0 Å². The second-order valence-electron chi connectivity index (χ2n) is 4.65. The summed E-state index contributed by atoms with van der Waals surface area (Å²) in [6, 6.07) is -3.07.